The van der Waals surface area contributed by atoms with E-state index in [4.69, 9.17) is 21.3 Å². The Morgan fingerprint density at radius 3 is 2.42 bits per heavy atom. The van der Waals surface area contributed by atoms with Crippen LogP contribution in [0.3, 0.4) is 0 Å². The van der Waals surface area contributed by atoms with Gasteiger partial charge in [-0.2, -0.15) is 0 Å². The SMILES string of the molecule is COc1ccc(Cl)cc1NC(=O)CCC(=O)Nc1ccc2nc(N3CC(C)CC(C)C3)cc(C)c2c1. The number of methoxy groups -OCH3 is 1. The molecule has 2 atom stereocenters. The molecule has 1 aliphatic rings. The maximum absolute atomic E-state index is 12.5. The molecule has 4 rings (SSSR count). The summed E-state index contributed by atoms with van der Waals surface area (Å²) in [4.78, 5) is 32.2. The number of carbonyl (C=O) groups is 2. The van der Waals surface area contributed by atoms with Crippen LogP contribution in [0.5, 0.6) is 5.75 Å². The fraction of sp³-hybridized carbons (Fsp3) is 0.393. The Labute approximate surface area is 217 Å². The lowest BCUT2D eigenvalue weighted by Gasteiger charge is -2.36. The van der Waals surface area contributed by atoms with Crippen LogP contribution in [0.4, 0.5) is 17.2 Å². The number of rotatable bonds is 7. The highest BCUT2D eigenvalue weighted by Crippen LogP contribution is 2.30. The predicted molar refractivity (Wildman–Crippen MR) is 146 cm³/mol. The topological polar surface area (TPSA) is 83.6 Å². The van der Waals surface area contributed by atoms with Gasteiger partial charge in [-0.05, 0) is 73.2 Å². The van der Waals surface area contributed by atoms with Gasteiger partial charge in [0.1, 0.15) is 11.6 Å². The van der Waals surface area contributed by atoms with Crippen molar-refractivity contribution in [1.29, 1.82) is 0 Å². The van der Waals surface area contributed by atoms with Gasteiger partial charge in [0.2, 0.25) is 11.8 Å². The second kappa shape index (κ2) is 11.2. The van der Waals surface area contributed by atoms with Crippen LogP contribution in [0, 0.1) is 18.8 Å². The van der Waals surface area contributed by atoms with Crippen molar-refractivity contribution in [3.63, 3.8) is 0 Å². The largest absolute Gasteiger partial charge is 0.495 e. The molecule has 0 bridgehead atoms. The number of fused-ring (bicyclic) bond motifs is 1. The van der Waals surface area contributed by atoms with Crippen molar-refractivity contribution < 1.29 is 14.3 Å². The molecule has 2 aromatic carbocycles. The molecule has 0 aliphatic carbocycles. The minimum Gasteiger partial charge on any atom is -0.495 e. The van der Waals surface area contributed by atoms with Gasteiger partial charge in [-0.3, -0.25) is 9.59 Å². The number of aryl methyl sites for hydroxylation is 1. The van der Waals surface area contributed by atoms with E-state index in [2.05, 4.69) is 42.4 Å². The number of aromatic nitrogens is 1. The third kappa shape index (κ3) is 6.26. The second-order valence-corrected chi connectivity index (χ2v) is 10.3. The van der Waals surface area contributed by atoms with Gasteiger partial charge in [0, 0.05) is 42.0 Å². The number of hydrogen-bond acceptors (Lipinski definition) is 5. The molecule has 1 fully saturated rings. The summed E-state index contributed by atoms with van der Waals surface area (Å²) in [6.45, 7) is 8.71. The monoisotopic (exact) mass is 508 g/mol. The third-order valence-electron chi connectivity index (χ3n) is 6.49. The Balaban J connectivity index is 1.38. The molecule has 1 saturated heterocycles. The molecule has 1 aromatic heterocycles. The van der Waals surface area contributed by atoms with Crippen LogP contribution < -0.4 is 20.3 Å². The summed E-state index contributed by atoms with van der Waals surface area (Å²) in [7, 11) is 1.52. The maximum atomic E-state index is 12.5. The van der Waals surface area contributed by atoms with Gasteiger partial charge in [-0.1, -0.05) is 25.4 Å². The second-order valence-electron chi connectivity index (χ2n) is 9.82. The lowest BCUT2D eigenvalue weighted by atomic mass is 9.92. The first-order chi connectivity index (χ1) is 17.2. The van der Waals surface area contributed by atoms with Gasteiger partial charge in [0.15, 0.2) is 0 Å². The number of halogens is 1. The fourth-order valence-corrected chi connectivity index (χ4v) is 5.08. The summed E-state index contributed by atoms with van der Waals surface area (Å²) < 4.78 is 5.24. The first kappa shape index (κ1) is 25.8. The van der Waals surface area contributed by atoms with E-state index < -0.39 is 0 Å². The van der Waals surface area contributed by atoms with E-state index in [0.29, 0.717) is 34.0 Å². The van der Waals surface area contributed by atoms with E-state index in [-0.39, 0.29) is 24.7 Å². The zero-order chi connectivity index (χ0) is 25.8. The Morgan fingerprint density at radius 1 is 1.03 bits per heavy atom. The first-order valence-electron chi connectivity index (χ1n) is 12.3. The van der Waals surface area contributed by atoms with Crippen molar-refractivity contribution in [3.8, 4) is 5.75 Å². The molecule has 2 heterocycles. The number of benzene rings is 2. The van der Waals surface area contributed by atoms with Crippen LogP contribution in [0.2, 0.25) is 5.02 Å². The molecule has 0 radical (unpaired) electrons. The lowest BCUT2D eigenvalue weighted by molar-refractivity contribution is -0.121. The standard InChI is InChI=1S/C28H33ClN4O3/c1-17-11-18(2)16-33(15-17)26-12-19(3)22-14-21(6-7-23(22)31-26)30-27(34)9-10-28(35)32-24-13-20(29)5-8-25(24)36-4/h5-8,12-14,17-18H,9-11,15-16H2,1-4H3,(H,30,34)(H,32,35). The van der Waals surface area contributed by atoms with Crippen LogP contribution in [-0.2, 0) is 9.59 Å². The van der Waals surface area contributed by atoms with Crippen molar-refractivity contribution in [2.75, 3.05) is 35.7 Å². The summed E-state index contributed by atoms with van der Waals surface area (Å²) in [5.74, 6) is 2.29. The Bertz CT molecular complexity index is 1270. The van der Waals surface area contributed by atoms with Crippen molar-refractivity contribution in [3.05, 3.63) is 53.1 Å². The summed E-state index contributed by atoms with van der Waals surface area (Å²) in [6.07, 6.45) is 1.34. The third-order valence-corrected chi connectivity index (χ3v) is 6.73. The van der Waals surface area contributed by atoms with E-state index in [9.17, 15) is 9.59 Å². The Kier molecular flexibility index (Phi) is 7.99. The van der Waals surface area contributed by atoms with Crippen molar-refractivity contribution in [2.24, 2.45) is 11.8 Å². The Hall–Kier alpha value is -3.32. The molecule has 3 aromatic rings. The summed E-state index contributed by atoms with van der Waals surface area (Å²) in [5.41, 5.74) is 3.18. The summed E-state index contributed by atoms with van der Waals surface area (Å²) >= 11 is 6.01. The molecule has 0 spiro atoms. The van der Waals surface area contributed by atoms with Gasteiger partial charge < -0.3 is 20.3 Å². The normalized spacial score (nSPS) is 17.6. The van der Waals surface area contributed by atoms with E-state index in [1.54, 1.807) is 18.2 Å². The van der Waals surface area contributed by atoms with E-state index >= 15 is 0 Å². The highest BCUT2D eigenvalue weighted by atomic mass is 35.5. The minimum atomic E-state index is -0.293. The van der Waals surface area contributed by atoms with Crippen LogP contribution in [0.1, 0.15) is 38.7 Å². The Morgan fingerprint density at radius 2 is 1.72 bits per heavy atom. The minimum absolute atomic E-state index is 0.0334. The molecule has 190 valence electrons. The van der Waals surface area contributed by atoms with Gasteiger partial charge >= 0.3 is 0 Å². The first-order valence-corrected chi connectivity index (χ1v) is 12.7. The van der Waals surface area contributed by atoms with Crippen LogP contribution in [-0.4, -0.2) is 37.0 Å². The van der Waals surface area contributed by atoms with Crippen molar-refractivity contribution in [1.82, 2.24) is 4.98 Å². The highest BCUT2D eigenvalue weighted by molar-refractivity contribution is 6.31. The van der Waals surface area contributed by atoms with Crippen molar-refractivity contribution in [2.45, 2.75) is 40.0 Å². The number of pyridine rings is 1. The number of ether oxygens (including phenoxy) is 1. The maximum Gasteiger partial charge on any atom is 0.224 e. The number of piperidine rings is 1. The van der Waals surface area contributed by atoms with E-state index in [0.717, 1.165) is 35.4 Å². The predicted octanol–water partition coefficient (Wildman–Crippen LogP) is 6.04. The summed E-state index contributed by atoms with van der Waals surface area (Å²) in [6, 6.07) is 12.8. The number of amides is 2. The summed E-state index contributed by atoms with van der Waals surface area (Å²) in [5, 5.41) is 7.13. The van der Waals surface area contributed by atoms with E-state index in [1.165, 1.54) is 13.5 Å². The van der Waals surface area contributed by atoms with E-state index in [1.807, 2.05) is 18.2 Å². The number of carbonyl (C=O) groups excluding carboxylic acids is 2. The zero-order valence-corrected chi connectivity index (χ0v) is 22.0. The average molecular weight is 509 g/mol. The van der Waals surface area contributed by atoms with Crippen molar-refractivity contribution >= 4 is 51.5 Å². The number of nitrogens with zero attached hydrogens (tertiary/aromatic N) is 2. The number of hydrogen-bond donors (Lipinski definition) is 2. The smallest absolute Gasteiger partial charge is 0.224 e. The highest BCUT2D eigenvalue weighted by Gasteiger charge is 2.23. The van der Waals surface area contributed by atoms with Gasteiger partial charge in [-0.25, -0.2) is 4.98 Å². The molecule has 2 amide bonds. The molecule has 36 heavy (non-hydrogen) atoms. The molecule has 8 heteroatoms. The van der Waals surface area contributed by atoms with Gasteiger partial charge in [0.25, 0.3) is 0 Å². The van der Waals surface area contributed by atoms with Gasteiger partial charge in [-0.15, -0.1) is 0 Å². The number of nitrogens with one attached hydrogen (secondary N) is 2. The molecule has 0 saturated carbocycles. The van der Waals surface area contributed by atoms with Gasteiger partial charge in [0.05, 0.1) is 18.3 Å². The molecular formula is C28H33ClN4O3. The number of anilines is 3. The van der Waals surface area contributed by atoms with Crippen LogP contribution in [0.15, 0.2) is 42.5 Å². The molecule has 1 aliphatic heterocycles. The molecule has 7 nitrogen and oxygen atoms in total. The fourth-order valence-electron chi connectivity index (χ4n) is 4.91. The zero-order valence-electron chi connectivity index (χ0n) is 21.2. The van der Waals surface area contributed by atoms with Crippen LogP contribution in [0.25, 0.3) is 10.9 Å². The average Bonchev–Trinajstić information content (AvgIpc) is 2.82. The molecular weight excluding hydrogens is 476 g/mol. The van der Waals surface area contributed by atoms with Crippen LogP contribution >= 0.6 is 11.6 Å². The molecule has 2 N–H and O–H groups in total. The molecule has 2 unspecified atom stereocenters. The quantitative estimate of drug-likeness (QED) is 0.406. The lowest BCUT2D eigenvalue weighted by Crippen LogP contribution is -2.39.